The van der Waals surface area contributed by atoms with E-state index in [2.05, 4.69) is 9.98 Å². The Hall–Kier alpha value is -0.810. The highest BCUT2D eigenvalue weighted by molar-refractivity contribution is 4.80. The van der Waals surface area contributed by atoms with E-state index in [0.29, 0.717) is 5.62 Å². The van der Waals surface area contributed by atoms with Gasteiger partial charge in [-0.25, -0.2) is 4.24 Å². The van der Waals surface area contributed by atoms with E-state index in [9.17, 15) is 5.11 Å². The van der Waals surface area contributed by atoms with Gasteiger partial charge in [-0.1, -0.05) is 9.98 Å². The predicted octanol–water partition coefficient (Wildman–Crippen LogP) is -4.28. The van der Waals surface area contributed by atoms with Crippen molar-refractivity contribution in [2.45, 2.75) is 12.6 Å². The molecule has 1 aliphatic rings. The van der Waals surface area contributed by atoms with Gasteiger partial charge >= 0.3 is 5.62 Å². The molecule has 4 nitrogen and oxygen atoms in total. The van der Waals surface area contributed by atoms with Gasteiger partial charge in [0.1, 0.15) is 12.4 Å². The van der Waals surface area contributed by atoms with Crippen LogP contribution in [0.15, 0.2) is 23.5 Å². The molecule has 0 fully saturated rings. The van der Waals surface area contributed by atoms with Crippen molar-refractivity contribution in [1.82, 2.24) is 4.98 Å². The third-order valence-corrected chi connectivity index (χ3v) is 1.46. The molecule has 0 bridgehead atoms. The number of aromatic nitrogens is 2. The van der Waals surface area contributed by atoms with Crippen LogP contribution in [0, 0.1) is 6.21 Å². The van der Waals surface area contributed by atoms with Crippen LogP contribution in [0.4, 0.5) is 0 Å². The molecular formula is C7H8BrN3O. The van der Waals surface area contributed by atoms with Gasteiger partial charge in [-0.2, -0.15) is 0 Å². The number of hydrogen-bond acceptors (Lipinski definition) is 3. The molecule has 0 spiro atoms. The average Bonchev–Trinajstić information content (AvgIpc) is 2.21. The molecule has 5 heteroatoms. The topological polar surface area (TPSA) is 51.4 Å². The van der Waals surface area contributed by atoms with E-state index in [4.69, 9.17) is 0 Å². The summed E-state index contributed by atoms with van der Waals surface area (Å²) in [6, 6.07) is 1.79. The maximum Gasteiger partial charge on any atom is 0.435 e. The zero-order valence-corrected chi connectivity index (χ0v) is 8.06. The first-order valence-electron chi connectivity index (χ1n) is 3.35. The smallest absolute Gasteiger partial charge is 0.435 e. The minimum atomic E-state index is -1.10. The number of hydrogen-bond donors (Lipinski definition) is 1. The van der Waals surface area contributed by atoms with Gasteiger partial charge in [-0.15, -0.1) is 0 Å². The highest BCUT2D eigenvalue weighted by Gasteiger charge is 2.27. The van der Waals surface area contributed by atoms with E-state index in [0.717, 1.165) is 0 Å². The second-order valence-corrected chi connectivity index (χ2v) is 2.66. The molecule has 1 unspecified atom stereocenters. The summed E-state index contributed by atoms with van der Waals surface area (Å²) in [7, 11) is 0. The zero-order valence-electron chi connectivity index (χ0n) is 6.48. The molecule has 2 heterocycles. The molecule has 2 rings (SSSR count). The highest BCUT2D eigenvalue weighted by atomic mass is 79.9. The molecule has 0 amide bonds. The van der Waals surface area contributed by atoms with Gasteiger partial charge in [0.05, 0.1) is 6.20 Å². The third-order valence-electron chi connectivity index (χ3n) is 1.46. The van der Waals surface area contributed by atoms with Crippen molar-refractivity contribution < 1.29 is 26.3 Å². The summed E-state index contributed by atoms with van der Waals surface area (Å²) >= 11 is 0. The van der Waals surface area contributed by atoms with Gasteiger partial charge in [0.2, 0.25) is 0 Å². The lowest BCUT2D eigenvalue weighted by molar-refractivity contribution is -0.530. The average molecular weight is 230 g/mol. The summed E-state index contributed by atoms with van der Waals surface area (Å²) in [5.74, 6) is 0. The van der Waals surface area contributed by atoms with Crippen molar-refractivity contribution in [3.05, 3.63) is 30.3 Å². The van der Waals surface area contributed by atoms with Crippen LogP contribution >= 0.6 is 0 Å². The molecule has 0 aromatic carbocycles. The monoisotopic (exact) mass is 229 g/mol. The maximum absolute atomic E-state index is 9.43. The molecule has 1 aromatic rings. The Kier molecular flexibility index (Phi) is 2.25. The highest BCUT2D eigenvalue weighted by Crippen LogP contribution is 2.02. The standard InChI is InChI=1S/C7H8N3O.BrH/c1-7(11)5-10-4-2-3-8-6(10)9-7;/h2-5,11H,1H3;1H/q+1;/p-1. The molecular weight excluding hydrogens is 222 g/mol. The SMILES string of the molecule is CC1(O)C=[n+]2cccnc2=N1.[Br-]. The molecule has 1 aromatic heterocycles. The Morgan fingerprint density at radius 2 is 2.33 bits per heavy atom. The second-order valence-electron chi connectivity index (χ2n) is 2.66. The molecule has 1 atom stereocenters. The fourth-order valence-electron chi connectivity index (χ4n) is 1.06. The Bertz CT molecular complexity index is 364. The van der Waals surface area contributed by atoms with Crippen molar-refractivity contribution in [3.8, 4) is 0 Å². The summed E-state index contributed by atoms with van der Waals surface area (Å²) in [6.45, 7) is 1.61. The van der Waals surface area contributed by atoms with E-state index in [1.807, 2.05) is 0 Å². The molecule has 1 N–H and O–H groups in total. The van der Waals surface area contributed by atoms with Gasteiger partial charge in [0.25, 0.3) is 5.72 Å². The van der Waals surface area contributed by atoms with Gasteiger partial charge in [-0.3, -0.25) is 0 Å². The predicted molar refractivity (Wildman–Crippen MR) is 35.9 cm³/mol. The molecule has 0 radical (unpaired) electrons. The Labute approximate surface area is 79.7 Å². The van der Waals surface area contributed by atoms with Crippen LogP contribution in [-0.4, -0.2) is 15.8 Å². The first-order chi connectivity index (χ1) is 5.17. The lowest BCUT2D eigenvalue weighted by atomic mass is 10.3. The van der Waals surface area contributed by atoms with Gasteiger partial charge in [0.15, 0.2) is 0 Å². The Balaban J connectivity index is 0.000000720. The van der Waals surface area contributed by atoms with E-state index < -0.39 is 5.72 Å². The quantitative estimate of drug-likeness (QED) is 0.459. The van der Waals surface area contributed by atoms with E-state index in [1.54, 1.807) is 35.8 Å². The number of rotatable bonds is 0. The van der Waals surface area contributed by atoms with Crippen LogP contribution < -0.4 is 26.8 Å². The summed E-state index contributed by atoms with van der Waals surface area (Å²) in [6.07, 6.45) is 5.05. The molecule has 0 aliphatic carbocycles. The van der Waals surface area contributed by atoms with Crippen LogP contribution in [0.2, 0.25) is 0 Å². The van der Waals surface area contributed by atoms with E-state index in [1.165, 1.54) is 0 Å². The first-order valence-corrected chi connectivity index (χ1v) is 3.35. The maximum atomic E-state index is 9.43. The van der Waals surface area contributed by atoms with Crippen LogP contribution in [0.25, 0.3) is 0 Å². The third kappa shape index (κ3) is 1.51. The van der Waals surface area contributed by atoms with Crippen molar-refractivity contribution in [2.75, 3.05) is 0 Å². The largest absolute Gasteiger partial charge is 1.00 e. The van der Waals surface area contributed by atoms with Gasteiger partial charge < -0.3 is 22.1 Å². The minimum Gasteiger partial charge on any atom is -1.00 e. The van der Waals surface area contributed by atoms with Crippen LogP contribution in [0.3, 0.4) is 0 Å². The summed E-state index contributed by atoms with van der Waals surface area (Å²) in [4.78, 5) is 7.90. The summed E-state index contributed by atoms with van der Waals surface area (Å²) in [5, 5.41) is 9.43. The van der Waals surface area contributed by atoms with Crippen molar-refractivity contribution in [1.29, 1.82) is 0 Å². The van der Waals surface area contributed by atoms with Crippen molar-refractivity contribution >= 4 is 0 Å². The van der Waals surface area contributed by atoms with Crippen LogP contribution in [0.5, 0.6) is 0 Å². The summed E-state index contributed by atoms with van der Waals surface area (Å²) < 4.78 is 1.69. The number of fused-ring (bicyclic) bond motifs is 1. The zero-order chi connectivity index (χ0) is 7.90. The number of halogens is 1. The van der Waals surface area contributed by atoms with E-state index in [-0.39, 0.29) is 17.0 Å². The number of nitrogens with zero attached hydrogens (tertiary/aromatic N) is 3. The molecule has 64 valence electrons. The lowest BCUT2D eigenvalue weighted by Gasteiger charge is -1.97. The van der Waals surface area contributed by atoms with Crippen molar-refractivity contribution in [3.63, 3.8) is 0 Å². The molecule has 0 saturated heterocycles. The van der Waals surface area contributed by atoms with Crippen LogP contribution in [0.1, 0.15) is 6.92 Å². The Morgan fingerprint density at radius 3 is 3.00 bits per heavy atom. The molecule has 12 heavy (non-hydrogen) atoms. The van der Waals surface area contributed by atoms with Crippen LogP contribution in [-0.2, 0) is 0 Å². The fraction of sp³-hybridized carbons (Fsp3) is 0.286. The minimum absolute atomic E-state index is 0. The second kappa shape index (κ2) is 2.91. The van der Waals surface area contributed by atoms with Gasteiger partial charge in [-0.05, 0) is 0 Å². The summed E-state index contributed by atoms with van der Waals surface area (Å²) in [5.41, 5.74) is -0.557. The fourth-order valence-corrected chi connectivity index (χ4v) is 1.06. The first kappa shape index (κ1) is 9.28. The van der Waals surface area contributed by atoms with Gasteiger partial charge in [0, 0.05) is 13.0 Å². The van der Waals surface area contributed by atoms with Crippen molar-refractivity contribution in [2.24, 2.45) is 4.99 Å². The molecule has 0 saturated carbocycles. The lowest BCUT2D eigenvalue weighted by Crippen LogP contribution is -3.00. The van der Waals surface area contributed by atoms with E-state index >= 15 is 0 Å². The normalized spacial score (nSPS) is 24.8. The number of aliphatic hydroxyl groups is 1. The molecule has 1 aliphatic heterocycles. The Morgan fingerprint density at radius 1 is 1.58 bits per heavy atom.